The maximum absolute atomic E-state index is 12.3. The molecule has 0 spiro atoms. The van der Waals surface area contributed by atoms with Crippen molar-refractivity contribution in [2.75, 3.05) is 45.9 Å². The highest BCUT2D eigenvalue weighted by atomic mass is 16.5. The smallest absolute Gasteiger partial charge is 0.221 e. The van der Waals surface area contributed by atoms with Gasteiger partial charge < -0.3 is 10.1 Å². The van der Waals surface area contributed by atoms with Crippen LogP contribution in [-0.2, 0) is 29.2 Å². The molecule has 0 radical (unpaired) electrons. The van der Waals surface area contributed by atoms with E-state index in [1.807, 2.05) is 6.07 Å². The Morgan fingerprint density at radius 3 is 2.77 bits per heavy atom. The van der Waals surface area contributed by atoms with E-state index in [0.29, 0.717) is 25.4 Å². The lowest BCUT2D eigenvalue weighted by Gasteiger charge is -2.25. The number of carbonyl (C=O) groups excluding carboxylic acids is 1. The maximum atomic E-state index is 12.3. The summed E-state index contributed by atoms with van der Waals surface area (Å²) in [5.74, 6) is 1.38. The fourth-order valence-corrected chi connectivity index (χ4v) is 4.09. The summed E-state index contributed by atoms with van der Waals surface area (Å²) in [4.78, 5) is 17.1. The van der Waals surface area contributed by atoms with Gasteiger partial charge in [0.2, 0.25) is 5.91 Å². The Labute approximate surface area is 177 Å². The first-order valence-electron chi connectivity index (χ1n) is 10.8. The molecule has 0 bridgehead atoms. The second-order valence-corrected chi connectivity index (χ2v) is 8.14. The number of hydrogen-bond donors (Lipinski definition) is 1. The van der Waals surface area contributed by atoms with Crippen molar-refractivity contribution in [1.29, 1.82) is 0 Å². The Hall–Kier alpha value is -2.36. The number of aryl methyl sites for hydroxylation is 1. The highest BCUT2D eigenvalue weighted by Crippen LogP contribution is 2.18. The van der Waals surface area contributed by atoms with Crippen molar-refractivity contribution in [2.24, 2.45) is 5.92 Å². The third kappa shape index (κ3) is 6.07. The molecular formula is C21H31N7O2. The summed E-state index contributed by atoms with van der Waals surface area (Å²) in [5, 5.41) is 15.1. The molecule has 2 aliphatic rings. The van der Waals surface area contributed by atoms with Gasteiger partial charge in [0, 0.05) is 39.1 Å². The van der Waals surface area contributed by atoms with E-state index in [1.54, 1.807) is 4.68 Å². The number of ether oxygens (including phenoxy) is 1. The number of amides is 1. The standard InChI is InChI=1S/C21H31N7O2/c29-21(7-9-28-20(23-24-25-28)17-26-10-12-30-13-11-26)22-14-19-6-8-27(16-19)15-18-4-2-1-3-5-18/h1-5,19H,6-17H2,(H,22,29)/t19-/m1/s1. The first kappa shape index (κ1) is 20.9. The Morgan fingerprint density at radius 1 is 1.10 bits per heavy atom. The predicted molar refractivity (Wildman–Crippen MR) is 111 cm³/mol. The number of likely N-dealkylation sites (tertiary alicyclic amines) is 1. The highest BCUT2D eigenvalue weighted by Gasteiger charge is 2.23. The molecule has 1 N–H and O–H groups in total. The third-order valence-corrected chi connectivity index (χ3v) is 5.83. The number of tetrazole rings is 1. The molecule has 9 heteroatoms. The number of aromatic nitrogens is 4. The van der Waals surface area contributed by atoms with Gasteiger partial charge in [0.25, 0.3) is 0 Å². The van der Waals surface area contributed by atoms with Crippen LogP contribution in [0.3, 0.4) is 0 Å². The molecule has 0 saturated carbocycles. The molecule has 162 valence electrons. The van der Waals surface area contributed by atoms with Crippen LogP contribution in [0.2, 0.25) is 0 Å². The van der Waals surface area contributed by atoms with Crippen molar-refractivity contribution in [2.45, 2.75) is 32.5 Å². The first-order valence-corrected chi connectivity index (χ1v) is 10.8. The van der Waals surface area contributed by atoms with Crippen LogP contribution in [0.4, 0.5) is 0 Å². The summed E-state index contributed by atoms with van der Waals surface area (Å²) in [6.45, 7) is 8.29. The van der Waals surface area contributed by atoms with Crippen LogP contribution in [0, 0.1) is 5.92 Å². The van der Waals surface area contributed by atoms with Crippen LogP contribution in [-0.4, -0.2) is 81.9 Å². The zero-order valence-electron chi connectivity index (χ0n) is 17.4. The van der Waals surface area contributed by atoms with Crippen molar-refractivity contribution in [3.8, 4) is 0 Å². The molecular weight excluding hydrogens is 382 g/mol. The minimum atomic E-state index is 0.0596. The van der Waals surface area contributed by atoms with Gasteiger partial charge in [-0.1, -0.05) is 30.3 Å². The number of nitrogens with zero attached hydrogens (tertiary/aromatic N) is 6. The van der Waals surface area contributed by atoms with Crippen molar-refractivity contribution in [3.05, 3.63) is 41.7 Å². The van der Waals surface area contributed by atoms with E-state index in [2.05, 4.69) is 54.9 Å². The van der Waals surface area contributed by atoms with E-state index in [0.717, 1.165) is 64.7 Å². The normalized spacial score (nSPS) is 20.5. The molecule has 4 rings (SSSR count). The van der Waals surface area contributed by atoms with Crippen LogP contribution in [0.25, 0.3) is 0 Å². The lowest BCUT2D eigenvalue weighted by molar-refractivity contribution is -0.121. The summed E-state index contributed by atoms with van der Waals surface area (Å²) in [7, 11) is 0. The number of rotatable bonds is 9. The van der Waals surface area contributed by atoms with Crippen LogP contribution >= 0.6 is 0 Å². The Bertz CT molecular complexity index is 792. The minimum Gasteiger partial charge on any atom is -0.379 e. The largest absolute Gasteiger partial charge is 0.379 e. The number of nitrogens with one attached hydrogen (secondary N) is 1. The molecule has 1 amide bonds. The summed E-state index contributed by atoms with van der Waals surface area (Å²) >= 11 is 0. The summed E-state index contributed by atoms with van der Waals surface area (Å²) in [5.41, 5.74) is 1.34. The molecule has 1 atom stereocenters. The maximum Gasteiger partial charge on any atom is 0.221 e. The number of hydrogen-bond acceptors (Lipinski definition) is 7. The molecule has 2 aliphatic heterocycles. The van der Waals surface area contributed by atoms with Crippen molar-refractivity contribution in [1.82, 2.24) is 35.3 Å². The van der Waals surface area contributed by atoms with Gasteiger partial charge in [-0.05, 0) is 34.9 Å². The number of morpholine rings is 1. The molecule has 0 unspecified atom stereocenters. The van der Waals surface area contributed by atoms with E-state index in [9.17, 15) is 4.79 Å². The molecule has 2 fully saturated rings. The van der Waals surface area contributed by atoms with Gasteiger partial charge in [-0.2, -0.15) is 0 Å². The second-order valence-electron chi connectivity index (χ2n) is 8.14. The van der Waals surface area contributed by atoms with E-state index in [4.69, 9.17) is 4.74 Å². The lowest BCUT2D eigenvalue weighted by Crippen LogP contribution is -2.36. The fourth-order valence-electron chi connectivity index (χ4n) is 4.09. The van der Waals surface area contributed by atoms with Gasteiger partial charge in [-0.15, -0.1) is 5.10 Å². The summed E-state index contributed by atoms with van der Waals surface area (Å²) in [6.07, 6.45) is 1.52. The quantitative estimate of drug-likeness (QED) is 0.642. The van der Waals surface area contributed by atoms with E-state index < -0.39 is 0 Å². The monoisotopic (exact) mass is 413 g/mol. The average Bonchev–Trinajstić information content (AvgIpc) is 3.41. The first-order chi connectivity index (χ1) is 14.8. The van der Waals surface area contributed by atoms with Gasteiger partial charge in [-0.25, -0.2) is 4.68 Å². The van der Waals surface area contributed by atoms with Gasteiger partial charge in [-0.3, -0.25) is 14.6 Å². The molecule has 30 heavy (non-hydrogen) atoms. The van der Waals surface area contributed by atoms with E-state index >= 15 is 0 Å². The predicted octanol–water partition coefficient (Wildman–Crippen LogP) is 0.534. The van der Waals surface area contributed by atoms with Gasteiger partial charge in [0.15, 0.2) is 5.82 Å². The van der Waals surface area contributed by atoms with Crippen molar-refractivity contribution < 1.29 is 9.53 Å². The second kappa shape index (κ2) is 10.6. The highest BCUT2D eigenvalue weighted by molar-refractivity contribution is 5.75. The third-order valence-electron chi connectivity index (χ3n) is 5.83. The van der Waals surface area contributed by atoms with Crippen LogP contribution in [0.1, 0.15) is 24.2 Å². The molecule has 2 aromatic rings. The van der Waals surface area contributed by atoms with Gasteiger partial charge in [0.05, 0.1) is 26.3 Å². The molecule has 0 aliphatic carbocycles. The van der Waals surface area contributed by atoms with Gasteiger partial charge >= 0.3 is 0 Å². The Morgan fingerprint density at radius 2 is 1.93 bits per heavy atom. The number of carbonyl (C=O) groups is 1. The topological polar surface area (TPSA) is 88.4 Å². The van der Waals surface area contributed by atoms with E-state index in [1.165, 1.54) is 5.56 Å². The zero-order chi connectivity index (χ0) is 20.6. The Kier molecular flexibility index (Phi) is 7.39. The molecule has 9 nitrogen and oxygen atoms in total. The van der Waals surface area contributed by atoms with Crippen molar-refractivity contribution >= 4 is 5.91 Å². The number of benzene rings is 1. The molecule has 2 saturated heterocycles. The fraction of sp³-hybridized carbons (Fsp3) is 0.619. The summed E-state index contributed by atoms with van der Waals surface area (Å²) in [6, 6.07) is 10.6. The van der Waals surface area contributed by atoms with Crippen LogP contribution in [0.15, 0.2) is 30.3 Å². The zero-order valence-corrected chi connectivity index (χ0v) is 17.4. The lowest BCUT2D eigenvalue weighted by atomic mass is 10.1. The molecule has 1 aromatic carbocycles. The Balaban J connectivity index is 1.15. The van der Waals surface area contributed by atoms with Crippen LogP contribution < -0.4 is 5.32 Å². The average molecular weight is 414 g/mol. The van der Waals surface area contributed by atoms with Crippen molar-refractivity contribution in [3.63, 3.8) is 0 Å². The SMILES string of the molecule is O=C(CCn1nnnc1CN1CCOCC1)NC[C@H]1CCN(Cc2ccccc2)C1. The minimum absolute atomic E-state index is 0.0596. The van der Waals surface area contributed by atoms with Gasteiger partial charge in [0.1, 0.15) is 0 Å². The molecule has 1 aromatic heterocycles. The molecule has 3 heterocycles. The summed E-state index contributed by atoms with van der Waals surface area (Å²) < 4.78 is 7.12. The van der Waals surface area contributed by atoms with Crippen LogP contribution in [0.5, 0.6) is 0 Å². The van der Waals surface area contributed by atoms with E-state index in [-0.39, 0.29) is 5.91 Å².